The number of fused-ring (bicyclic) bond motifs is 7. The van der Waals surface area contributed by atoms with Crippen molar-refractivity contribution in [2.75, 3.05) is 0 Å². The van der Waals surface area contributed by atoms with Crippen LogP contribution < -0.4 is 26.7 Å². The molecule has 0 aliphatic carbocycles. The Morgan fingerprint density at radius 2 is 1.04 bits per heavy atom. The van der Waals surface area contributed by atoms with Crippen LogP contribution in [0.25, 0.3) is 56.9 Å². The van der Waals surface area contributed by atoms with Crippen LogP contribution in [0.5, 0.6) is 0 Å². The molecule has 0 saturated carbocycles. The maximum absolute atomic E-state index is 5.23. The molecule has 226 valence electrons. The van der Waals surface area contributed by atoms with Crippen molar-refractivity contribution in [3.8, 4) is 22.3 Å². The molecule has 0 spiro atoms. The number of H-pyrrole nitrogens is 2. The molecule has 9 rings (SSSR count). The summed E-state index contributed by atoms with van der Waals surface area (Å²) in [5.74, 6) is 0. The number of aromatic nitrogens is 2. The van der Waals surface area contributed by atoms with Crippen molar-refractivity contribution in [3.63, 3.8) is 0 Å². The van der Waals surface area contributed by atoms with Crippen molar-refractivity contribution < 1.29 is 0 Å². The van der Waals surface area contributed by atoms with Gasteiger partial charge in [-0.15, -0.1) is 0 Å². The van der Waals surface area contributed by atoms with E-state index in [1.54, 1.807) is 0 Å². The van der Waals surface area contributed by atoms with Gasteiger partial charge in [0.05, 0.1) is 34.1 Å². The van der Waals surface area contributed by atoms with Crippen molar-refractivity contribution in [2.24, 2.45) is 4.99 Å². The van der Waals surface area contributed by atoms with E-state index in [0.717, 1.165) is 88.7 Å². The third-order valence-electron chi connectivity index (χ3n) is 9.07. The van der Waals surface area contributed by atoms with Gasteiger partial charge in [-0.2, -0.15) is 0 Å². The van der Waals surface area contributed by atoms with Crippen LogP contribution in [0.4, 0.5) is 0 Å². The molecular weight excluding hydrogens is 585 g/mol. The fraction of sp³-hybridized carbons (Fsp3) is 0. The lowest BCUT2D eigenvalue weighted by atomic mass is 10.00. The second-order valence-electron chi connectivity index (χ2n) is 12.1. The van der Waals surface area contributed by atoms with Crippen LogP contribution in [0.15, 0.2) is 162 Å². The maximum Gasteiger partial charge on any atom is 0.157 e. The molecule has 3 N–H and O–H groups in total. The molecule has 2 aromatic heterocycles. The number of rotatable bonds is 4. The minimum absolute atomic E-state index is 0.903. The van der Waals surface area contributed by atoms with Gasteiger partial charge in [-0.1, -0.05) is 109 Å². The molecule has 4 aromatic carbocycles. The number of nitrogens with zero attached hydrogens (tertiary/aromatic N) is 1. The highest BCUT2D eigenvalue weighted by molar-refractivity contribution is 6.34. The number of benzene rings is 4. The van der Waals surface area contributed by atoms with E-state index < -0.39 is 0 Å². The van der Waals surface area contributed by atoms with Crippen molar-refractivity contribution in [1.82, 2.24) is 15.3 Å². The van der Waals surface area contributed by atoms with Gasteiger partial charge in [-0.05, 0) is 59.2 Å². The molecule has 0 amide bonds. The lowest BCUT2D eigenvalue weighted by molar-refractivity contribution is 1.14. The summed E-state index contributed by atoms with van der Waals surface area (Å²) in [5.41, 5.74) is 12.9. The smallest absolute Gasteiger partial charge is 0.157 e. The van der Waals surface area contributed by atoms with Gasteiger partial charge in [0, 0.05) is 34.2 Å². The molecule has 4 heteroatoms. The Hall–Kier alpha value is -6.52. The summed E-state index contributed by atoms with van der Waals surface area (Å²) in [5, 5.41) is 7.80. The summed E-state index contributed by atoms with van der Waals surface area (Å²) in [7, 11) is 0. The monoisotopic (exact) mass is 615 g/mol. The van der Waals surface area contributed by atoms with E-state index in [2.05, 4.69) is 186 Å². The Kier molecular flexibility index (Phi) is 6.76. The minimum atomic E-state index is 0.903. The largest absolute Gasteiger partial charge is 0.353 e. The molecule has 0 unspecified atom stereocenters. The normalized spacial score (nSPS) is 14.9. The van der Waals surface area contributed by atoms with E-state index >= 15 is 0 Å². The van der Waals surface area contributed by atoms with Gasteiger partial charge in [-0.3, -0.25) is 5.32 Å². The third-order valence-corrected chi connectivity index (χ3v) is 9.07. The number of aromatic amines is 2. The zero-order valence-electron chi connectivity index (χ0n) is 26.1. The molecular formula is C44H31N4+. The molecule has 4 nitrogen and oxygen atoms in total. The van der Waals surface area contributed by atoms with Crippen LogP contribution in [0, 0.1) is 6.42 Å². The first-order valence-corrected chi connectivity index (χ1v) is 16.2. The fourth-order valence-corrected chi connectivity index (χ4v) is 6.68. The van der Waals surface area contributed by atoms with Gasteiger partial charge in [0.1, 0.15) is 16.6 Å². The van der Waals surface area contributed by atoms with Gasteiger partial charge in [-0.25, -0.2) is 4.99 Å². The Bertz CT molecular complexity index is 2560. The summed E-state index contributed by atoms with van der Waals surface area (Å²) in [6.07, 6.45) is 13.1. The SMILES string of the molecule is C1=CC2=C(c3ccccc3)[CH+]C(=c3cc(-c4ccccc4)c([nH]3)=CC=c3[nH]c(cc3-c3ccccc3)=C3C=C(c4ccccc4)C1=N3)N2. The van der Waals surface area contributed by atoms with Crippen LogP contribution in [-0.4, -0.2) is 15.7 Å². The molecule has 0 radical (unpaired) electrons. The van der Waals surface area contributed by atoms with Crippen molar-refractivity contribution in [2.45, 2.75) is 0 Å². The van der Waals surface area contributed by atoms with Crippen LogP contribution in [-0.2, 0) is 0 Å². The lowest BCUT2D eigenvalue weighted by Gasteiger charge is -2.03. The van der Waals surface area contributed by atoms with Crippen molar-refractivity contribution in [3.05, 3.63) is 196 Å². The van der Waals surface area contributed by atoms with Gasteiger partial charge in [0.25, 0.3) is 0 Å². The highest BCUT2D eigenvalue weighted by Gasteiger charge is 2.28. The van der Waals surface area contributed by atoms with Gasteiger partial charge in [0.2, 0.25) is 0 Å². The quantitative estimate of drug-likeness (QED) is 0.196. The summed E-state index contributed by atoms with van der Waals surface area (Å²) in [4.78, 5) is 12.7. The molecule has 5 heterocycles. The second-order valence-corrected chi connectivity index (χ2v) is 12.1. The number of aliphatic imine (C=N–C) groups is 1. The van der Waals surface area contributed by atoms with E-state index in [9.17, 15) is 0 Å². The predicted molar refractivity (Wildman–Crippen MR) is 198 cm³/mol. The Morgan fingerprint density at radius 1 is 0.521 bits per heavy atom. The zero-order valence-corrected chi connectivity index (χ0v) is 26.1. The first kappa shape index (κ1) is 27.8. The van der Waals surface area contributed by atoms with Crippen LogP contribution in [0.3, 0.4) is 0 Å². The van der Waals surface area contributed by atoms with Crippen LogP contribution in [0.1, 0.15) is 11.1 Å². The van der Waals surface area contributed by atoms with E-state index in [4.69, 9.17) is 4.99 Å². The first-order valence-electron chi connectivity index (χ1n) is 16.2. The Balaban J connectivity index is 1.35. The van der Waals surface area contributed by atoms with Gasteiger partial charge in [0.15, 0.2) is 5.70 Å². The number of nitrogens with one attached hydrogen (secondary N) is 3. The molecule has 3 aliphatic rings. The topological polar surface area (TPSA) is 56.0 Å². The first-order chi connectivity index (χ1) is 23.8. The molecule has 0 atom stereocenters. The Morgan fingerprint density at radius 3 is 1.65 bits per heavy atom. The van der Waals surface area contributed by atoms with E-state index in [1.807, 2.05) is 0 Å². The third kappa shape index (κ3) is 5.06. The number of allylic oxidation sites excluding steroid dienone is 3. The van der Waals surface area contributed by atoms with Gasteiger partial charge >= 0.3 is 0 Å². The highest BCUT2D eigenvalue weighted by atomic mass is 14.9. The Labute approximate surface area is 278 Å². The standard InChI is InChI=1S/C44H31N4/c1-5-13-29(14-6-1)33-25-41-42-26-34(30-15-7-2-8-16-30)39(46-42)23-24-40-36(32-19-11-4-12-20-32)28-44(48-40)43-27-35(31-17-9-3-10-18-31)38(47-43)22-21-37(33)45-41/h1-28,45-47H/q+1. The predicted octanol–water partition coefficient (Wildman–Crippen LogP) is 6.48. The summed E-state index contributed by atoms with van der Waals surface area (Å²) in [6.45, 7) is 0. The summed E-state index contributed by atoms with van der Waals surface area (Å²) < 4.78 is 0. The second kappa shape index (κ2) is 11.7. The summed E-state index contributed by atoms with van der Waals surface area (Å²) >= 11 is 0. The zero-order chi connectivity index (χ0) is 31.9. The lowest BCUT2D eigenvalue weighted by Crippen LogP contribution is -2.19. The number of hydrogen-bond donors (Lipinski definition) is 3. The molecule has 0 saturated heterocycles. The van der Waals surface area contributed by atoms with E-state index in [-0.39, 0.29) is 0 Å². The average molecular weight is 616 g/mol. The van der Waals surface area contributed by atoms with E-state index in [1.165, 1.54) is 0 Å². The van der Waals surface area contributed by atoms with Crippen LogP contribution >= 0.6 is 0 Å². The fourth-order valence-electron chi connectivity index (χ4n) is 6.68. The van der Waals surface area contributed by atoms with Crippen LogP contribution in [0.2, 0.25) is 0 Å². The van der Waals surface area contributed by atoms with Crippen molar-refractivity contribution in [1.29, 1.82) is 0 Å². The molecule has 0 fully saturated rings. The van der Waals surface area contributed by atoms with Gasteiger partial charge < -0.3 is 9.97 Å². The molecule has 48 heavy (non-hydrogen) atoms. The summed E-state index contributed by atoms with van der Waals surface area (Å²) in [6, 6.07) is 46.6. The molecule has 3 aliphatic heterocycles. The van der Waals surface area contributed by atoms with Crippen molar-refractivity contribution >= 4 is 40.4 Å². The molecule has 8 bridgehead atoms. The average Bonchev–Trinajstić information content (AvgIpc) is 3.95. The molecule has 6 aromatic rings. The minimum Gasteiger partial charge on any atom is -0.353 e. The maximum atomic E-state index is 5.23. The highest BCUT2D eigenvalue weighted by Crippen LogP contribution is 2.32. The van der Waals surface area contributed by atoms with E-state index in [0.29, 0.717) is 0 Å². The number of hydrogen-bond acceptors (Lipinski definition) is 2.